The zero-order chi connectivity index (χ0) is 20.6. The van der Waals surface area contributed by atoms with Gasteiger partial charge in [0.2, 0.25) is 0 Å². The number of ether oxygens (including phenoxy) is 1. The summed E-state index contributed by atoms with van der Waals surface area (Å²) >= 11 is 0. The molecule has 6 nitrogen and oxygen atoms in total. The van der Waals surface area contributed by atoms with Crippen molar-refractivity contribution in [3.8, 4) is 0 Å². The monoisotopic (exact) mass is 388 g/mol. The summed E-state index contributed by atoms with van der Waals surface area (Å²) in [7, 11) is 1.27. The van der Waals surface area contributed by atoms with Crippen molar-refractivity contribution >= 4 is 17.7 Å². The van der Waals surface area contributed by atoms with Gasteiger partial charge in [-0.3, -0.25) is 14.6 Å². The molecule has 0 saturated carbocycles. The van der Waals surface area contributed by atoms with Crippen LogP contribution in [0.3, 0.4) is 0 Å². The lowest BCUT2D eigenvalue weighted by atomic mass is 9.99. The highest BCUT2D eigenvalue weighted by Gasteiger charge is 2.22. The number of pyridine rings is 1. The van der Waals surface area contributed by atoms with Crippen molar-refractivity contribution in [2.75, 3.05) is 7.11 Å². The van der Waals surface area contributed by atoms with E-state index in [1.807, 2.05) is 18.2 Å². The third kappa shape index (κ3) is 5.13. The average Bonchev–Trinajstić information content (AvgIpc) is 2.79. The van der Waals surface area contributed by atoms with Gasteiger partial charge in [-0.1, -0.05) is 54.6 Å². The maximum atomic E-state index is 12.5. The Balaban J connectivity index is 1.72. The van der Waals surface area contributed by atoms with Crippen molar-refractivity contribution in [2.24, 2.45) is 0 Å². The van der Waals surface area contributed by atoms with Crippen molar-refractivity contribution in [1.82, 2.24) is 10.3 Å². The normalized spacial score (nSPS) is 11.3. The molecule has 0 unspecified atom stereocenters. The SMILES string of the molecule is COC(=O)[C@@H](Cc1ccc(C(=O)c2ccccc2)cc1)NC(=O)c1ccncc1. The van der Waals surface area contributed by atoms with Crippen molar-refractivity contribution in [3.63, 3.8) is 0 Å². The molecule has 1 amide bonds. The van der Waals surface area contributed by atoms with E-state index in [1.54, 1.807) is 48.5 Å². The summed E-state index contributed by atoms with van der Waals surface area (Å²) in [4.78, 5) is 40.9. The number of methoxy groups -OCH3 is 1. The van der Waals surface area contributed by atoms with Crippen LogP contribution in [0.5, 0.6) is 0 Å². The highest BCUT2D eigenvalue weighted by Crippen LogP contribution is 2.13. The molecule has 0 aliphatic rings. The number of benzene rings is 2. The third-order valence-electron chi connectivity index (χ3n) is 4.43. The predicted octanol–water partition coefficient (Wildman–Crippen LogP) is 2.83. The van der Waals surface area contributed by atoms with Gasteiger partial charge in [-0.25, -0.2) is 4.79 Å². The van der Waals surface area contributed by atoms with E-state index in [2.05, 4.69) is 10.3 Å². The minimum absolute atomic E-state index is 0.0762. The molecule has 0 aliphatic carbocycles. The Labute approximate surface area is 168 Å². The summed E-state index contributed by atoms with van der Waals surface area (Å²) in [6, 6.07) is 18.2. The second-order valence-corrected chi connectivity index (χ2v) is 6.38. The van der Waals surface area contributed by atoms with Gasteiger partial charge in [0.1, 0.15) is 6.04 Å². The number of amides is 1. The first-order chi connectivity index (χ1) is 14.1. The van der Waals surface area contributed by atoms with Crippen LogP contribution in [0.2, 0.25) is 0 Å². The lowest BCUT2D eigenvalue weighted by Crippen LogP contribution is -2.43. The van der Waals surface area contributed by atoms with Crippen molar-refractivity contribution in [1.29, 1.82) is 0 Å². The molecule has 3 rings (SSSR count). The van der Waals surface area contributed by atoms with Crippen LogP contribution in [0.1, 0.15) is 31.8 Å². The first-order valence-electron chi connectivity index (χ1n) is 9.06. The number of ketones is 1. The number of nitrogens with one attached hydrogen (secondary N) is 1. The van der Waals surface area contributed by atoms with Crippen LogP contribution in [0.25, 0.3) is 0 Å². The third-order valence-corrected chi connectivity index (χ3v) is 4.43. The number of carbonyl (C=O) groups is 3. The molecule has 0 radical (unpaired) electrons. The molecule has 1 atom stereocenters. The maximum absolute atomic E-state index is 12.5. The molecule has 6 heteroatoms. The second-order valence-electron chi connectivity index (χ2n) is 6.38. The van der Waals surface area contributed by atoms with Gasteiger partial charge >= 0.3 is 5.97 Å². The van der Waals surface area contributed by atoms with Crippen LogP contribution in [0, 0.1) is 0 Å². The van der Waals surface area contributed by atoms with Crippen LogP contribution in [0.4, 0.5) is 0 Å². The topological polar surface area (TPSA) is 85.4 Å². The van der Waals surface area contributed by atoms with Crippen LogP contribution < -0.4 is 5.32 Å². The largest absolute Gasteiger partial charge is 0.467 e. The van der Waals surface area contributed by atoms with Crippen LogP contribution in [-0.2, 0) is 16.0 Å². The molecule has 0 bridgehead atoms. The standard InChI is InChI=1S/C23H20N2O4/c1-29-23(28)20(25-22(27)19-11-13-24-14-12-19)15-16-7-9-18(10-8-16)21(26)17-5-3-2-4-6-17/h2-14,20H,15H2,1H3,(H,25,27)/t20-/m1/s1. The number of carbonyl (C=O) groups excluding carboxylic acids is 3. The first kappa shape index (κ1) is 19.9. The quantitative estimate of drug-likeness (QED) is 0.497. The van der Waals surface area contributed by atoms with Crippen LogP contribution in [0.15, 0.2) is 79.1 Å². The summed E-state index contributed by atoms with van der Waals surface area (Å²) in [5.41, 5.74) is 2.35. The number of rotatable bonds is 7. The molecular weight excluding hydrogens is 368 g/mol. The molecule has 1 N–H and O–H groups in total. The summed E-state index contributed by atoms with van der Waals surface area (Å²) in [5, 5.41) is 2.69. The van der Waals surface area contributed by atoms with E-state index in [4.69, 9.17) is 4.74 Å². The zero-order valence-electron chi connectivity index (χ0n) is 15.9. The minimum atomic E-state index is -0.851. The molecular formula is C23H20N2O4. The van der Waals surface area contributed by atoms with Gasteiger partial charge in [-0.2, -0.15) is 0 Å². The van der Waals surface area contributed by atoms with Gasteiger partial charge in [0.15, 0.2) is 5.78 Å². The lowest BCUT2D eigenvalue weighted by molar-refractivity contribution is -0.142. The number of hydrogen-bond acceptors (Lipinski definition) is 5. The van der Waals surface area contributed by atoms with Gasteiger partial charge in [0.25, 0.3) is 5.91 Å². The molecule has 0 spiro atoms. The fourth-order valence-electron chi connectivity index (χ4n) is 2.86. The summed E-state index contributed by atoms with van der Waals surface area (Å²) in [5.74, 6) is -1.01. The maximum Gasteiger partial charge on any atom is 0.328 e. The van der Waals surface area contributed by atoms with E-state index in [1.165, 1.54) is 19.5 Å². The Kier molecular flexibility index (Phi) is 6.47. The predicted molar refractivity (Wildman–Crippen MR) is 108 cm³/mol. The van der Waals surface area contributed by atoms with Crippen molar-refractivity contribution in [2.45, 2.75) is 12.5 Å². The first-order valence-corrected chi connectivity index (χ1v) is 9.06. The van der Waals surface area contributed by atoms with Gasteiger partial charge in [0, 0.05) is 35.5 Å². The van der Waals surface area contributed by atoms with Gasteiger partial charge in [-0.05, 0) is 17.7 Å². The van der Waals surface area contributed by atoms with Crippen LogP contribution >= 0.6 is 0 Å². The molecule has 0 saturated heterocycles. The van der Waals surface area contributed by atoms with E-state index in [-0.39, 0.29) is 12.2 Å². The summed E-state index contributed by atoms with van der Waals surface area (Å²) in [6.07, 6.45) is 3.25. The van der Waals surface area contributed by atoms with Gasteiger partial charge < -0.3 is 10.1 Å². The lowest BCUT2D eigenvalue weighted by Gasteiger charge is -2.17. The smallest absolute Gasteiger partial charge is 0.328 e. The molecule has 1 aromatic heterocycles. The fraction of sp³-hybridized carbons (Fsp3) is 0.130. The Hall–Kier alpha value is -3.80. The fourth-order valence-corrected chi connectivity index (χ4v) is 2.86. The molecule has 29 heavy (non-hydrogen) atoms. The van der Waals surface area contributed by atoms with Crippen LogP contribution in [-0.4, -0.2) is 35.8 Å². The number of aromatic nitrogens is 1. The molecule has 2 aromatic carbocycles. The van der Waals surface area contributed by atoms with Gasteiger partial charge in [0.05, 0.1) is 7.11 Å². The Morgan fingerprint density at radius 1 is 0.862 bits per heavy atom. The number of nitrogens with zero attached hydrogens (tertiary/aromatic N) is 1. The Morgan fingerprint density at radius 2 is 1.48 bits per heavy atom. The van der Waals surface area contributed by atoms with Crippen molar-refractivity contribution < 1.29 is 19.1 Å². The molecule has 0 fully saturated rings. The van der Waals surface area contributed by atoms with Crippen molar-refractivity contribution in [3.05, 3.63) is 101 Å². The van der Waals surface area contributed by atoms with E-state index < -0.39 is 17.9 Å². The number of hydrogen-bond donors (Lipinski definition) is 1. The average molecular weight is 388 g/mol. The minimum Gasteiger partial charge on any atom is -0.467 e. The summed E-state index contributed by atoms with van der Waals surface area (Å²) < 4.78 is 4.82. The van der Waals surface area contributed by atoms with E-state index in [9.17, 15) is 14.4 Å². The number of esters is 1. The van der Waals surface area contributed by atoms with E-state index in [0.29, 0.717) is 16.7 Å². The highest BCUT2D eigenvalue weighted by atomic mass is 16.5. The molecule has 3 aromatic rings. The molecule has 146 valence electrons. The zero-order valence-corrected chi connectivity index (χ0v) is 15.9. The van der Waals surface area contributed by atoms with E-state index in [0.717, 1.165) is 5.56 Å². The molecule has 1 heterocycles. The Morgan fingerprint density at radius 3 is 2.10 bits per heavy atom. The Bertz CT molecular complexity index is 986. The van der Waals surface area contributed by atoms with Gasteiger partial charge in [-0.15, -0.1) is 0 Å². The molecule has 0 aliphatic heterocycles. The second kappa shape index (κ2) is 9.41. The van der Waals surface area contributed by atoms with E-state index >= 15 is 0 Å². The summed E-state index contributed by atoms with van der Waals surface area (Å²) in [6.45, 7) is 0. The highest BCUT2D eigenvalue weighted by molar-refractivity contribution is 6.08.